The molecule has 0 unspecified atom stereocenters. The number of carbonyl (C=O) groups is 1. The molecular formula is C15H22Cl2N2O2S. The largest absolute Gasteiger partial charge is 0.373 e. The smallest absolute Gasteiger partial charge is 0.253 e. The van der Waals surface area contributed by atoms with Crippen molar-refractivity contribution in [1.29, 1.82) is 0 Å². The zero-order valence-corrected chi connectivity index (χ0v) is 15.6. The number of nitrogens with zero attached hydrogens (tertiary/aromatic N) is 1. The Labute approximate surface area is 145 Å². The van der Waals surface area contributed by atoms with Crippen LogP contribution in [0, 0.1) is 0 Å². The molecule has 1 aromatic heterocycles. The van der Waals surface area contributed by atoms with E-state index in [1.807, 2.05) is 0 Å². The first-order valence-corrected chi connectivity index (χ1v) is 8.90. The summed E-state index contributed by atoms with van der Waals surface area (Å²) in [5.41, 5.74) is 0.282. The molecule has 0 spiro atoms. The van der Waals surface area contributed by atoms with Crippen molar-refractivity contribution in [1.82, 2.24) is 10.2 Å². The van der Waals surface area contributed by atoms with Gasteiger partial charge in [0.15, 0.2) is 0 Å². The van der Waals surface area contributed by atoms with Crippen LogP contribution in [0.2, 0.25) is 8.67 Å². The van der Waals surface area contributed by atoms with Gasteiger partial charge < -0.3 is 10.1 Å². The summed E-state index contributed by atoms with van der Waals surface area (Å²) in [6, 6.07) is 1.61. The number of rotatable bonds is 4. The van der Waals surface area contributed by atoms with Crippen molar-refractivity contribution < 1.29 is 9.53 Å². The summed E-state index contributed by atoms with van der Waals surface area (Å²) in [4.78, 5) is 14.6. The average molecular weight is 365 g/mol. The van der Waals surface area contributed by atoms with Gasteiger partial charge >= 0.3 is 0 Å². The highest BCUT2D eigenvalue weighted by molar-refractivity contribution is 7.20. The molecule has 1 aliphatic rings. The van der Waals surface area contributed by atoms with E-state index in [4.69, 9.17) is 27.9 Å². The zero-order valence-electron chi connectivity index (χ0n) is 13.3. The van der Waals surface area contributed by atoms with Crippen molar-refractivity contribution in [2.75, 3.05) is 19.6 Å². The van der Waals surface area contributed by atoms with Crippen molar-refractivity contribution in [2.24, 2.45) is 0 Å². The monoisotopic (exact) mass is 364 g/mol. The molecule has 0 aliphatic carbocycles. The first-order valence-electron chi connectivity index (χ1n) is 7.32. The molecule has 2 rings (SSSR count). The normalized spacial score (nSPS) is 23.5. The topological polar surface area (TPSA) is 41.6 Å². The number of ether oxygens (including phenoxy) is 1. The van der Waals surface area contributed by atoms with Crippen LogP contribution in [0.4, 0.5) is 0 Å². The highest BCUT2D eigenvalue weighted by atomic mass is 35.5. The lowest BCUT2D eigenvalue weighted by Crippen LogP contribution is -2.58. The van der Waals surface area contributed by atoms with Crippen LogP contribution in [0.25, 0.3) is 0 Å². The fraction of sp³-hybridized carbons (Fsp3) is 0.667. The van der Waals surface area contributed by atoms with Crippen LogP contribution in [-0.4, -0.2) is 48.2 Å². The number of hydrogen-bond donors (Lipinski definition) is 1. The summed E-state index contributed by atoms with van der Waals surface area (Å²) in [5, 5.41) is 2.96. The third-order valence-electron chi connectivity index (χ3n) is 3.86. The Bertz CT molecular complexity index is 538. The van der Waals surface area contributed by atoms with Gasteiger partial charge in [0.25, 0.3) is 5.91 Å². The van der Waals surface area contributed by atoms with E-state index in [1.54, 1.807) is 6.07 Å². The minimum absolute atomic E-state index is 0.158. The van der Waals surface area contributed by atoms with Crippen LogP contribution < -0.4 is 5.32 Å². The van der Waals surface area contributed by atoms with Crippen LogP contribution >= 0.6 is 34.5 Å². The summed E-state index contributed by atoms with van der Waals surface area (Å²) in [6.45, 7) is 10.7. The molecule has 2 heterocycles. The second-order valence-electron chi connectivity index (χ2n) is 6.40. The number of thiophene rings is 1. The summed E-state index contributed by atoms with van der Waals surface area (Å²) >= 11 is 13.1. The molecule has 7 heteroatoms. The van der Waals surface area contributed by atoms with E-state index >= 15 is 0 Å². The number of halogens is 2. The number of amides is 1. The molecular weight excluding hydrogens is 343 g/mol. The second kappa shape index (κ2) is 7.05. The van der Waals surface area contributed by atoms with E-state index in [-0.39, 0.29) is 23.7 Å². The van der Waals surface area contributed by atoms with Crippen LogP contribution in [0.15, 0.2) is 6.07 Å². The van der Waals surface area contributed by atoms with Gasteiger partial charge in [0.05, 0.1) is 22.1 Å². The van der Waals surface area contributed by atoms with Crippen molar-refractivity contribution >= 4 is 40.4 Å². The maximum atomic E-state index is 12.2. The molecule has 0 aromatic carbocycles. The summed E-state index contributed by atoms with van der Waals surface area (Å²) in [7, 11) is 0. The minimum Gasteiger partial charge on any atom is -0.373 e. The zero-order chi connectivity index (χ0) is 16.5. The molecule has 124 valence electrons. The van der Waals surface area contributed by atoms with E-state index in [2.05, 4.69) is 37.9 Å². The first kappa shape index (κ1) is 18.0. The van der Waals surface area contributed by atoms with Gasteiger partial charge in [-0.05, 0) is 33.8 Å². The molecule has 0 radical (unpaired) electrons. The van der Waals surface area contributed by atoms with Gasteiger partial charge in [0.1, 0.15) is 4.34 Å². The Balaban J connectivity index is 1.97. The predicted octanol–water partition coefficient (Wildman–Crippen LogP) is 3.67. The highest BCUT2D eigenvalue weighted by Gasteiger charge is 2.33. The van der Waals surface area contributed by atoms with Crippen molar-refractivity contribution in [3.05, 3.63) is 20.3 Å². The quantitative estimate of drug-likeness (QED) is 0.885. The van der Waals surface area contributed by atoms with Crippen LogP contribution in [0.1, 0.15) is 38.1 Å². The molecule has 4 nitrogen and oxygen atoms in total. The van der Waals surface area contributed by atoms with E-state index in [0.29, 0.717) is 20.8 Å². The highest BCUT2D eigenvalue weighted by Crippen LogP contribution is 2.31. The van der Waals surface area contributed by atoms with Crippen molar-refractivity contribution in [2.45, 2.75) is 45.4 Å². The summed E-state index contributed by atoms with van der Waals surface area (Å²) < 4.78 is 6.71. The number of carbonyl (C=O) groups excluding carboxylic acids is 1. The van der Waals surface area contributed by atoms with Crippen LogP contribution in [0.5, 0.6) is 0 Å². The minimum atomic E-state index is -0.185. The lowest BCUT2D eigenvalue weighted by molar-refractivity contribution is -0.0948. The van der Waals surface area contributed by atoms with E-state index in [1.165, 1.54) is 11.3 Å². The third-order valence-corrected chi connectivity index (χ3v) is 5.35. The Morgan fingerprint density at radius 1 is 1.41 bits per heavy atom. The Kier molecular flexibility index (Phi) is 5.78. The lowest BCUT2D eigenvalue weighted by atomic mass is 10.00. The van der Waals surface area contributed by atoms with Gasteiger partial charge in [-0.15, -0.1) is 11.3 Å². The fourth-order valence-corrected chi connectivity index (χ4v) is 4.13. The standard InChI is InChI=1S/C15H22Cl2N2O2S/c1-9-6-19(7-10(2)21-9)15(3,4)8-18-14(20)11-5-12(16)22-13(11)17/h5,9-10H,6-8H2,1-4H3,(H,18,20)/t9-,10-/m1/s1. The molecule has 22 heavy (non-hydrogen) atoms. The van der Waals surface area contributed by atoms with E-state index in [9.17, 15) is 4.79 Å². The molecule has 1 N–H and O–H groups in total. The maximum Gasteiger partial charge on any atom is 0.253 e. The number of nitrogens with one attached hydrogen (secondary N) is 1. The first-order chi connectivity index (χ1) is 10.2. The molecule has 1 amide bonds. The van der Waals surface area contributed by atoms with Crippen LogP contribution in [0.3, 0.4) is 0 Å². The molecule has 1 aromatic rings. The van der Waals surface area contributed by atoms with Gasteiger partial charge in [0.2, 0.25) is 0 Å². The second-order valence-corrected chi connectivity index (χ2v) is 8.68. The molecule has 0 bridgehead atoms. The molecule has 1 saturated heterocycles. The Hall–Kier alpha value is -0.330. The Morgan fingerprint density at radius 3 is 2.50 bits per heavy atom. The molecule has 2 atom stereocenters. The average Bonchev–Trinajstić information content (AvgIpc) is 2.74. The fourth-order valence-electron chi connectivity index (χ4n) is 2.67. The van der Waals surface area contributed by atoms with Gasteiger partial charge in [-0.1, -0.05) is 23.2 Å². The maximum absolute atomic E-state index is 12.2. The molecule has 0 saturated carbocycles. The van der Waals surface area contributed by atoms with Gasteiger partial charge in [-0.2, -0.15) is 0 Å². The summed E-state index contributed by atoms with van der Waals surface area (Å²) in [6.07, 6.45) is 0.396. The van der Waals surface area contributed by atoms with E-state index in [0.717, 1.165) is 13.1 Å². The molecule has 1 aliphatic heterocycles. The SMILES string of the molecule is C[C@@H]1CN(C(C)(C)CNC(=O)c2cc(Cl)sc2Cl)C[C@@H](C)O1. The lowest BCUT2D eigenvalue weighted by Gasteiger charge is -2.45. The molecule has 1 fully saturated rings. The van der Waals surface area contributed by atoms with Gasteiger partial charge in [-0.3, -0.25) is 9.69 Å². The Morgan fingerprint density at radius 2 is 2.00 bits per heavy atom. The summed E-state index contributed by atoms with van der Waals surface area (Å²) in [5.74, 6) is -0.185. The number of hydrogen-bond acceptors (Lipinski definition) is 4. The third kappa shape index (κ3) is 4.36. The van der Waals surface area contributed by atoms with Gasteiger partial charge in [0, 0.05) is 25.2 Å². The van der Waals surface area contributed by atoms with E-state index < -0.39 is 0 Å². The van der Waals surface area contributed by atoms with Crippen molar-refractivity contribution in [3.63, 3.8) is 0 Å². The predicted molar refractivity (Wildman–Crippen MR) is 92.3 cm³/mol. The van der Waals surface area contributed by atoms with Crippen LogP contribution in [-0.2, 0) is 4.74 Å². The van der Waals surface area contributed by atoms with Crippen molar-refractivity contribution in [3.8, 4) is 0 Å². The number of morpholine rings is 1. The van der Waals surface area contributed by atoms with Gasteiger partial charge in [-0.25, -0.2) is 0 Å².